The lowest BCUT2D eigenvalue weighted by molar-refractivity contribution is -0.385. The first-order valence-corrected chi connectivity index (χ1v) is 8.26. The molecule has 0 radical (unpaired) electrons. The van der Waals surface area contributed by atoms with Crippen molar-refractivity contribution in [3.63, 3.8) is 0 Å². The van der Waals surface area contributed by atoms with Crippen LogP contribution in [0.25, 0.3) is 6.08 Å². The van der Waals surface area contributed by atoms with Crippen LogP contribution in [0.15, 0.2) is 42.1 Å². The number of nitrogens with one attached hydrogen (secondary N) is 1. The van der Waals surface area contributed by atoms with Crippen molar-refractivity contribution in [2.45, 2.75) is 0 Å². The van der Waals surface area contributed by atoms with Crippen LogP contribution in [0.4, 0.5) is 16.2 Å². The van der Waals surface area contributed by atoms with E-state index in [1.807, 2.05) is 0 Å². The van der Waals surface area contributed by atoms with Crippen LogP contribution in [0, 0.1) is 10.1 Å². The molecular formula is C18H14ClN3O6. The molecule has 1 aliphatic rings. The van der Waals surface area contributed by atoms with Crippen LogP contribution in [-0.4, -0.2) is 31.1 Å². The van der Waals surface area contributed by atoms with E-state index >= 15 is 0 Å². The number of nitro groups is 1. The molecule has 3 rings (SSSR count). The molecule has 1 heterocycles. The Balaban J connectivity index is 2.05. The number of nitrogens with zero attached hydrogens (tertiary/aromatic N) is 2. The van der Waals surface area contributed by atoms with Gasteiger partial charge in [0.1, 0.15) is 5.70 Å². The Morgan fingerprint density at radius 3 is 2.43 bits per heavy atom. The van der Waals surface area contributed by atoms with Gasteiger partial charge in [-0.25, -0.2) is 9.69 Å². The molecule has 1 fully saturated rings. The highest BCUT2D eigenvalue weighted by atomic mass is 35.5. The van der Waals surface area contributed by atoms with Crippen LogP contribution in [0.3, 0.4) is 0 Å². The van der Waals surface area contributed by atoms with Gasteiger partial charge in [-0.05, 0) is 30.3 Å². The molecule has 1 aliphatic heterocycles. The van der Waals surface area contributed by atoms with Gasteiger partial charge in [-0.3, -0.25) is 14.9 Å². The van der Waals surface area contributed by atoms with Gasteiger partial charge in [-0.1, -0.05) is 17.7 Å². The molecule has 0 unspecified atom stereocenters. The lowest BCUT2D eigenvalue weighted by atomic mass is 10.1. The first-order chi connectivity index (χ1) is 13.3. The molecule has 3 amide bonds. The lowest BCUT2D eigenvalue weighted by Gasteiger charge is -2.11. The molecular weight excluding hydrogens is 390 g/mol. The average Bonchev–Trinajstić information content (AvgIpc) is 2.94. The molecule has 1 N–H and O–H groups in total. The highest BCUT2D eigenvalue weighted by molar-refractivity contribution is 6.32. The Hall–Kier alpha value is -3.59. The van der Waals surface area contributed by atoms with E-state index < -0.39 is 16.9 Å². The summed E-state index contributed by atoms with van der Waals surface area (Å²) in [6.07, 6.45) is 1.21. The number of imide groups is 1. The summed E-state index contributed by atoms with van der Waals surface area (Å²) in [6, 6.07) is 8.05. The van der Waals surface area contributed by atoms with E-state index in [0.29, 0.717) is 5.02 Å². The minimum absolute atomic E-state index is 0.0687. The minimum Gasteiger partial charge on any atom is -0.493 e. The number of benzene rings is 2. The van der Waals surface area contributed by atoms with Crippen molar-refractivity contribution >= 4 is 41.0 Å². The number of ether oxygens (including phenoxy) is 2. The summed E-state index contributed by atoms with van der Waals surface area (Å²) in [5, 5.41) is 14.2. The number of halogens is 1. The number of methoxy groups -OCH3 is 2. The summed E-state index contributed by atoms with van der Waals surface area (Å²) in [5.41, 5.74) is -0.0897. The molecule has 9 nitrogen and oxygen atoms in total. The molecule has 0 spiro atoms. The molecule has 144 valence electrons. The van der Waals surface area contributed by atoms with Gasteiger partial charge < -0.3 is 14.8 Å². The van der Waals surface area contributed by atoms with Crippen LogP contribution >= 0.6 is 11.6 Å². The van der Waals surface area contributed by atoms with Crippen molar-refractivity contribution in [1.82, 2.24) is 5.32 Å². The van der Waals surface area contributed by atoms with Crippen LogP contribution < -0.4 is 19.7 Å². The average molecular weight is 404 g/mol. The Morgan fingerprint density at radius 2 is 1.82 bits per heavy atom. The van der Waals surface area contributed by atoms with E-state index in [1.54, 1.807) is 18.2 Å². The number of amides is 3. The summed E-state index contributed by atoms with van der Waals surface area (Å²) >= 11 is 5.92. The van der Waals surface area contributed by atoms with Gasteiger partial charge in [0.25, 0.3) is 11.6 Å². The summed E-state index contributed by atoms with van der Waals surface area (Å²) in [7, 11) is 2.73. The Morgan fingerprint density at radius 1 is 1.14 bits per heavy atom. The second-order valence-corrected chi connectivity index (χ2v) is 6.07. The van der Waals surface area contributed by atoms with Gasteiger partial charge in [-0.15, -0.1) is 0 Å². The van der Waals surface area contributed by atoms with Crippen LogP contribution in [0.2, 0.25) is 5.02 Å². The van der Waals surface area contributed by atoms with E-state index in [2.05, 4.69) is 5.32 Å². The third kappa shape index (κ3) is 3.47. The largest absolute Gasteiger partial charge is 0.493 e. The predicted molar refractivity (Wildman–Crippen MR) is 102 cm³/mol. The zero-order valence-electron chi connectivity index (χ0n) is 14.8. The Kier molecular flexibility index (Phi) is 5.18. The highest BCUT2D eigenvalue weighted by Crippen LogP contribution is 2.36. The standard InChI is InChI=1S/C18H14ClN3O6/c1-27-15-7-10(14(22(25)26)9-16(15)28-2)6-13-17(23)21(18(24)20-13)12-5-3-4-11(19)8-12/h3-9H,1-2H3,(H,20,24)/b13-6-. The van der Waals surface area contributed by atoms with Gasteiger partial charge >= 0.3 is 6.03 Å². The first kappa shape index (κ1) is 19.2. The van der Waals surface area contributed by atoms with Gasteiger partial charge in [-0.2, -0.15) is 0 Å². The monoisotopic (exact) mass is 403 g/mol. The number of carbonyl (C=O) groups is 2. The van der Waals surface area contributed by atoms with Gasteiger partial charge in [0, 0.05) is 5.02 Å². The number of hydrogen-bond donors (Lipinski definition) is 1. The van der Waals surface area contributed by atoms with Gasteiger partial charge in [0.15, 0.2) is 11.5 Å². The number of hydrogen-bond acceptors (Lipinski definition) is 6. The van der Waals surface area contributed by atoms with Crippen LogP contribution in [-0.2, 0) is 4.79 Å². The van der Waals surface area contributed by atoms with E-state index in [0.717, 1.165) is 4.90 Å². The third-order valence-corrected chi connectivity index (χ3v) is 4.21. The fourth-order valence-corrected chi connectivity index (χ4v) is 2.88. The molecule has 2 aromatic carbocycles. The number of rotatable bonds is 5. The van der Waals surface area contributed by atoms with E-state index in [9.17, 15) is 19.7 Å². The molecule has 0 aromatic heterocycles. The maximum Gasteiger partial charge on any atom is 0.333 e. The van der Waals surface area contributed by atoms with Crippen molar-refractivity contribution in [3.8, 4) is 11.5 Å². The third-order valence-electron chi connectivity index (χ3n) is 3.97. The van der Waals surface area contributed by atoms with Gasteiger partial charge in [0.2, 0.25) is 0 Å². The molecule has 0 bridgehead atoms. The SMILES string of the molecule is COc1cc(/C=C2\NC(=O)N(c3cccc(Cl)c3)C2=O)c([N+](=O)[O-])cc1OC. The first-order valence-electron chi connectivity index (χ1n) is 7.88. The lowest BCUT2D eigenvalue weighted by Crippen LogP contribution is -2.30. The van der Waals surface area contributed by atoms with Gasteiger partial charge in [0.05, 0.1) is 36.5 Å². The summed E-state index contributed by atoms with van der Waals surface area (Å²) in [5.74, 6) is -0.265. The molecule has 10 heteroatoms. The van der Waals surface area contributed by atoms with Crippen molar-refractivity contribution in [2.75, 3.05) is 19.1 Å². The minimum atomic E-state index is -0.693. The smallest absolute Gasteiger partial charge is 0.333 e. The maximum absolute atomic E-state index is 12.7. The summed E-state index contributed by atoms with van der Waals surface area (Å²) in [6.45, 7) is 0. The Bertz CT molecular complexity index is 1020. The Labute approximate surface area is 164 Å². The topological polar surface area (TPSA) is 111 Å². The van der Waals surface area contributed by atoms with Crippen LogP contribution in [0.5, 0.6) is 11.5 Å². The van der Waals surface area contributed by atoms with Crippen LogP contribution in [0.1, 0.15) is 5.56 Å². The predicted octanol–water partition coefficient (Wildman–Crippen LogP) is 3.36. The van der Waals surface area contributed by atoms with Crippen molar-refractivity contribution in [2.24, 2.45) is 0 Å². The molecule has 1 saturated heterocycles. The van der Waals surface area contributed by atoms with E-state index in [1.165, 1.54) is 38.5 Å². The molecule has 0 saturated carbocycles. The zero-order valence-corrected chi connectivity index (χ0v) is 15.5. The number of urea groups is 1. The van der Waals surface area contributed by atoms with Crippen molar-refractivity contribution in [3.05, 3.63) is 62.8 Å². The highest BCUT2D eigenvalue weighted by Gasteiger charge is 2.35. The molecule has 2 aromatic rings. The molecule has 28 heavy (non-hydrogen) atoms. The summed E-state index contributed by atoms with van der Waals surface area (Å²) in [4.78, 5) is 36.7. The van der Waals surface area contributed by atoms with Crippen molar-refractivity contribution in [1.29, 1.82) is 0 Å². The number of nitro benzene ring substituents is 1. The quantitative estimate of drug-likeness (QED) is 0.354. The molecule has 0 aliphatic carbocycles. The second-order valence-electron chi connectivity index (χ2n) is 5.63. The maximum atomic E-state index is 12.7. The van der Waals surface area contributed by atoms with Crippen molar-refractivity contribution < 1.29 is 24.0 Å². The molecule has 0 atom stereocenters. The summed E-state index contributed by atoms with van der Waals surface area (Å²) < 4.78 is 10.2. The number of carbonyl (C=O) groups excluding carboxylic acids is 2. The fourth-order valence-electron chi connectivity index (χ4n) is 2.70. The van der Waals surface area contributed by atoms with E-state index in [-0.39, 0.29) is 34.1 Å². The fraction of sp³-hybridized carbons (Fsp3) is 0.111. The second kappa shape index (κ2) is 7.57. The van der Waals surface area contributed by atoms with E-state index in [4.69, 9.17) is 21.1 Å². The number of anilines is 1. The zero-order chi connectivity index (χ0) is 20.4. The normalized spacial score (nSPS) is 15.0.